The number of rotatable bonds is 6. The Balaban J connectivity index is 1.92. The van der Waals surface area contributed by atoms with E-state index in [-0.39, 0.29) is 6.10 Å². The summed E-state index contributed by atoms with van der Waals surface area (Å²) >= 11 is 0. The molecule has 96 valence electrons. The van der Waals surface area contributed by atoms with E-state index in [1.807, 2.05) is 38.1 Å². The number of ether oxygens (including phenoxy) is 1. The summed E-state index contributed by atoms with van der Waals surface area (Å²) in [5, 5.41) is 7.16. The fourth-order valence-electron chi connectivity index (χ4n) is 1.67. The molecular formula is C14H18N2O2. The first-order valence-electron chi connectivity index (χ1n) is 6.10. The van der Waals surface area contributed by atoms with Crippen molar-refractivity contribution in [1.82, 2.24) is 10.5 Å². The molecule has 0 aliphatic rings. The Labute approximate surface area is 107 Å². The van der Waals surface area contributed by atoms with Crippen molar-refractivity contribution >= 4 is 0 Å². The summed E-state index contributed by atoms with van der Waals surface area (Å²) in [6, 6.07) is 9.91. The quantitative estimate of drug-likeness (QED) is 0.851. The maximum atomic E-state index is 5.76. The van der Waals surface area contributed by atoms with Crippen LogP contribution in [0.25, 0.3) is 0 Å². The molecule has 0 unspecified atom stereocenters. The highest BCUT2D eigenvalue weighted by Gasteiger charge is 2.04. The van der Waals surface area contributed by atoms with Gasteiger partial charge in [-0.25, -0.2) is 0 Å². The summed E-state index contributed by atoms with van der Waals surface area (Å²) in [7, 11) is 0. The van der Waals surface area contributed by atoms with Gasteiger partial charge in [0.05, 0.1) is 11.8 Å². The van der Waals surface area contributed by atoms with Gasteiger partial charge in [-0.1, -0.05) is 23.4 Å². The fraction of sp³-hybridized carbons (Fsp3) is 0.357. The Morgan fingerprint density at radius 2 is 2.06 bits per heavy atom. The molecule has 0 amide bonds. The Kier molecular flexibility index (Phi) is 4.36. The smallest absolute Gasteiger partial charge is 0.124 e. The molecule has 4 nitrogen and oxygen atoms in total. The van der Waals surface area contributed by atoms with Crippen LogP contribution in [0.5, 0.6) is 5.75 Å². The van der Waals surface area contributed by atoms with Gasteiger partial charge in [0.25, 0.3) is 0 Å². The van der Waals surface area contributed by atoms with Gasteiger partial charge in [0.15, 0.2) is 0 Å². The molecule has 1 N–H and O–H groups in total. The fourth-order valence-corrected chi connectivity index (χ4v) is 1.67. The third kappa shape index (κ3) is 3.60. The maximum Gasteiger partial charge on any atom is 0.124 e. The summed E-state index contributed by atoms with van der Waals surface area (Å²) in [6.45, 7) is 5.49. The molecule has 0 saturated carbocycles. The second-order valence-electron chi connectivity index (χ2n) is 4.37. The Bertz CT molecular complexity index is 466. The van der Waals surface area contributed by atoms with E-state index < -0.39 is 0 Å². The van der Waals surface area contributed by atoms with E-state index >= 15 is 0 Å². The third-order valence-corrected chi connectivity index (χ3v) is 2.45. The first-order valence-corrected chi connectivity index (χ1v) is 6.10. The highest BCUT2D eigenvalue weighted by atomic mass is 16.5. The molecule has 1 aromatic heterocycles. The minimum atomic E-state index is 0.182. The van der Waals surface area contributed by atoms with Crippen molar-refractivity contribution in [2.24, 2.45) is 0 Å². The minimum absolute atomic E-state index is 0.182. The zero-order chi connectivity index (χ0) is 12.8. The molecule has 0 aliphatic heterocycles. The van der Waals surface area contributed by atoms with Gasteiger partial charge in [0.1, 0.15) is 12.0 Å². The van der Waals surface area contributed by atoms with Gasteiger partial charge >= 0.3 is 0 Å². The van der Waals surface area contributed by atoms with Crippen LogP contribution in [0.15, 0.2) is 41.1 Å². The van der Waals surface area contributed by atoms with Crippen molar-refractivity contribution in [1.29, 1.82) is 0 Å². The molecule has 4 heteroatoms. The molecule has 0 spiro atoms. The summed E-state index contributed by atoms with van der Waals surface area (Å²) in [6.07, 6.45) is 1.76. The molecule has 0 fully saturated rings. The van der Waals surface area contributed by atoms with E-state index in [1.54, 1.807) is 6.26 Å². The van der Waals surface area contributed by atoms with Crippen LogP contribution in [0.4, 0.5) is 0 Å². The third-order valence-electron chi connectivity index (χ3n) is 2.45. The summed E-state index contributed by atoms with van der Waals surface area (Å²) < 4.78 is 10.5. The zero-order valence-electron chi connectivity index (χ0n) is 10.7. The SMILES string of the molecule is CC(C)Oc1ccccc1CNCc1ccon1. The molecule has 0 aliphatic carbocycles. The maximum absolute atomic E-state index is 5.76. The average Bonchev–Trinajstić information content (AvgIpc) is 2.84. The number of para-hydroxylation sites is 1. The highest BCUT2D eigenvalue weighted by molar-refractivity contribution is 5.33. The lowest BCUT2D eigenvalue weighted by atomic mass is 10.2. The number of hydrogen-bond acceptors (Lipinski definition) is 4. The minimum Gasteiger partial charge on any atom is -0.491 e. The molecular weight excluding hydrogens is 228 g/mol. The molecule has 0 saturated heterocycles. The van der Waals surface area contributed by atoms with Gasteiger partial charge in [-0.05, 0) is 19.9 Å². The predicted octanol–water partition coefficient (Wildman–Crippen LogP) is 2.75. The van der Waals surface area contributed by atoms with Gasteiger partial charge in [-0.3, -0.25) is 0 Å². The van der Waals surface area contributed by atoms with Gasteiger partial charge in [-0.15, -0.1) is 0 Å². The van der Waals surface area contributed by atoms with Crippen molar-refractivity contribution in [2.45, 2.75) is 33.0 Å². The van der Waals surface area contributed by atoms with Crippen LogP contribution < -0.4 is 10.1 Å². The lowest BCUT2D eigenvalue weighted by Crippen LogP contribution is -2.15. The van der Waals surface area contributed by atoms with Crippen LogP contribution in [0, 0.1) is 0 Å². The van der Waals surface area contributed by atoms with Crippen molar-refractivity contribution in [3.05, 3.63) is 47.9 Å². The monoisotopic (exact) mass is 246 g/mol. The molecule has 18 heavy (non-hydrogen) atoms. The Hall–Kier alpha value is -1.81. The summed E-state index contributed by atoms with van der Waals surface area (Å²) in [4.78, 5) is 0. The molecule has 2 rings (SSSR count). The molecule has 0 radical (unpaired) electrons. The lowest BCUT2D eigenvalue weighted by molar-refractivity contribution is 0.239. The molecule has 0 bridgehead atoms. The van der Waals surface area contributed by atoms with E-state index in [1.165, 1.54) is 0 Å². The van der Waals surface area contributed by atoms with Crippen molar-refractivity contribution in [2.75, 3.05) is 0 Å². The topological polar surface area (TPSA) is 47.3 Å². The van der Waals surface area contributed by atoms with E-state index in [0.29, 0.717) is 6.54 Å². The van der Waals surface area contributed by atoms with Crippen molar-refractivity contribution in [3.8, 4) is 5.75 Å². The van der Waals surface area contributed by atoms with E-state index in [2.05, 4.69) is 16.5 Å². The van der Waals surface area contributed by atoms with Crippen molar-refractivity contribution < 1.29 is 9.26 Å². The van der Waals surface area contributed by atoms with Crippen molar-refractivity contribution in [3.63, 3.8) is 0 Å². The van der Waals surface area contributed by atoms with Gasteiger partial charge in [0, 0.05) is 24.7 Å². The van der Waals surface area contributed by atoms with Crippen LogP contribution in [0.2, 0.25) is 0 Å². The zero-order valence-corrected chi connectivity index (χ0v) is 10.7. The van der Waals surface area contributed by atoms with E-state index in [0.717, 1.165) is 23.6 Å². The normalized spacial score (nSPS) is 10.8. The van der Waals surface area contributed by atoms with Gasteiger partial charge < -0.3 is 14.6 Å². The lowest BCUT2D eigenvalue weighted by Gasteiger charge is -2.14. The van der Waals surface area contributed by atoms with Crippen LogP contribution in [-0.2, 0) is 13.1 Å². The second kappa shape index (κ2) is 6.21. The van der Waals surface area contributed by atoms with Gasteiger partial charge in [-0.2, -0.15) is 0 Å². The summed E-state index contributed by atoms with van der Waals surface area (Å²) in [5.74, 6) is 0.931. The van der Waals surface area contributed by atoms with Crippen LogP contribution in [-0.4, -0.2) is 11.3 Å². The number of benzene rings is 1. The Morgan fingerprint density at radius 3 is 2.78 bits per heavy atom. The number of hydrogen-bond donors (Lipinski definition) is 1. The number of nitrogens with one attached hydrogen (secondary N) is 1. The van der Waals surface area contributed by atoms with Gasteiger partial charge in [0.2, 0.25) is 0 Å². The number of aromatic nitrogens is 1. The molecule has 1 heterocycles. The van der Waals surface area contributed by atoms with E-state index in [4.69, 9.17) is 9.26 Å². The first-order chi connectivity index (χ1) is 8.75. The van der Waals surface area contributed by atoms with Crippen LogP contribution in [0.1, 0.15) is 25.1 Å². The highest BCUT2D eigenvalue weighted by Crippen LogP contribution is 2.19. The largest absolute Gasteiger partial charge is 0.491 e. The van der Waals surface area contributed by atoms with Crippen LogP contribution in [0.3, 0.4) is 0 Å². The molecule has 0 atom stereocenters. The molecule has 2 aromatic rings. The Morgan fingerprint density at radius 1 is 1.22 bits per heavy atom. The summed E-state index contributed by atoms with van der Waals surface area (Å²) in [5.41, 5.74) is 2.05. The standard InChI is InChI=1S/C14H18N2O2/c1-11(2)18-14-6-4-3-5-12(14)9-15-10-13-7-8-17-16-13/h3-8,11,15H,9-10H2,1-2H3. The predicted molar refractivity (Wildman–Crippen MR) is 69.3 cm³/mol. The average molecular weight is 246 g/mol. The van der Waals surface area contributed by atoms with E-state index in [9.17, 15) is 0 Å². The first kappa shape index (κ1) is 12.6. The van der Waals surface area contributed by atoms with Crippen LogP contribution >= 0.6 is 0 Å². The second-order valence-corrected chi connectivity index (χ2v) is 4.37. The number of nitrogens with zero attached hydrogens (tertiary/aromatic N) is 1. The molecule has 1 aromatic carbocycles.